The van der Waals surface area contributed by atoms with Gasteiger partial charge in [0.25, 0.3) is 0 Å². The van der Waals surface area contributed by atoms with Gasteiger partial charge in [0.15, 0.2) is 0 Å². The van der Waals surface area contributed by atoms with Gasteiger partial charge in [-0.25, -0.2) is 4.98 Å². The van der Waals surface area contributed by atoms with Crippen LogP contribution in [0.1, 0.15) is 40.8 Å². The van der Waals surface area contributed by atoms with Gasteiger partial charge in [-0.3, -0.25) is 0 Å². The third-order valence-corrected chi connectivity index (χ3v) is 5.14. The molecule has 0 saturated carbocycles. The number of imidazole rings is 1. The average Bonchev–Trinajstić information content (AvgIpc) is 3.22. The molecule has 0 amide bonds. The van der Waals surface area contributed by atoms with Gasteiger partial charge in [0.05, 0.1) is 24.3 Å². The van der Waals surface area contributed by atoms with Crippen molar-refractivity contribution in [2.75, 3.05) is 0 Å². The number of benzene rings is 3. The molecule has 0 fully saturated rings. The first-order chi connectivity index (χ1) is 13.8. The van der Waals surface area contributed by atoms with E-state index in [1.54, 1.807) is 12.5 Å². The predicted molar refractivity (Wildman–Crippen MR) is 112 cm³/mol. The number of aliphatic hydroxyl groups is 1. The SMILES string of the molecule is OC(CC(c1ccccc1)c1ccccc1)c1cncn1Cc1ccccc1. The maximum atomic E-state index is 11.1. The van der Waals surface area contributed by atoms with E-state index in [1.807, 2.05) is 34.9 Å². The Kier molecular flexibility index (Phi) is 5.64. The van der Waals surface area contributed by atoms with Crippen LogP contribution in [-0.2, 0) is 6.54 Å². The fraction of sp³-hybridized carbons (Fsp3) is 0.160. The van der Waals surface area contributed by atoms with Crippen molar-refractivity contribution in [3.63, 3.8) is 0 Å². The second-order valence-electron chi connectivity index (χ2n) is 7.06. The Bertz CT molecular complexity index is 941. The lowest BCUT2D eigenvalue weighted by Crippen LogP contribution is -2.12. The van der Waals surface area contributed by atoms with Gasteiger partial charge in [-0.15, -0.1) is 0 Å². The van der Waals surface area contributed by atoms with Crippen LogP contribution < -0.4 is 0 Å². The van der Waals surface area contributed by atoms with Crippen molar-refractivity contribution >= 4 is 0 Å². The molecule has 28 heavy (non-hydrogen) atoms. The molecule has 3 heteroatoms. The smallest absolute Gasteiger partial charge is 0.0965 e. The van der Waals surface area contributed by atoms with Gasteiger partial charge < -0.3 is 9.67 Å². The number of hydrogen-bond donors (Lipinski definition) is 1. The molecule has 0 spiro atoms. The molecule has 0 aliphatic heterocycles. The Labute approximate surface area is 165 Å². The fourth-order valence-electron chi connectivity index (χ4n) is 3.70. The van der Waals surface area contributed by atoms with Crippen LogP contribution in [0.5, 0.6) is 0 Å². The van der Waals surface area contributed by atoms with E-state index in [9.17, 15) is 5.11 Å². The van der Waals surface area contributed by atoms with Crippen molar-refractivity contribution in [2.45, 2.75) is 25.0 Å². The van der Waals surface area contributed by atoms with Crippen molar-refractivity contribution in [3.05, 3.63) is 126 Å². The molecule has 4 rings (SSSR count). The molecule has 3 aromatic carbocycles. The maximum Gasteiger partial charge on any atom is 0.0965 e. The molecule has 1 aromatic heterocycles. The lowest BCUT2D eigenvalue weighted by atomic mass is 9.86. The number of hydrogen-bond acceptors (Lipinski definition) is 2. The summed E-state index contributed by atoms with van der Waals surface area (Å²) in [5.41, 5.74) is 4.46. The zero-order valence-corrected chi connectivity index (χ0v) is 15.7. The summed E-state index contributed by atoms with van der Waals surface area (Å²) >= 11 is 0. The standard InChI is InChI=1S/C25H24N2O/c28-25(24-17-26-19-27(24)18-20-10-4-1-5-11-20)16-23(21-12-6-2-7-13-21)22-14-8-3-9-15-22/h1-15,17,19,23,25,28H,16,18H2. The summed E-state index contributed by atoms with van der Waals surface area (Å²) in [5.74, 6) is 0.123. The molecule has 1 atom stereocenters. The number of nitrogens with zero attached hydrogens (tertiary/aromatic N) is 2. The van der Waals surface area contributed by atoms with Gasteiger partial charge in [0.2, 0.25) is 0 Å². The summed E-state index contributed by atoms with van der Waals surface area (Å²) in [6.07, 6.45) is 3.58. The van der Waals surface area contributed by atoms with Gasteiger partial charge in [0.1, 0.15) is 0 Å². The van der Waals surface area contributed by atoms with E-state index in [4.69, 9.17) is 0 Å². The average molecular weight is 368 g/mol. The van der Waals surface area contributed by atoms with Crippen LogP contribution in [0.15, 0.2) is 104 Å². The normalized spacial score (nSPS) is 12.2. The number of aromatic nitrogens is 2. The van der Waals surface area contributed by atoms with E-state index >= 15 is 0 Å². The highest BCUT2D eigenvalue weighted by Gasteiger charge is 2.22. The Hall–Kier alpha value is -3.17. The van der Waals surface area contributed by atoms with Crippen LogP contribution in [0.2, 0.25) is 0 Å². The molecule has 0 aliphatic rings. The number of rotatable bonds is 7. The minimum absolute atomic E-state index is 0.123. The largest absolute Gasteiger partial charge is 0.387 e. The Morgan fingerprint density at radius 3 is 1.86 bits per heavy atom. The summed E-state index contributed by atoms with van der Waals surface area (Å²) in [6.45, 7) is 0.703. The zero-order chi connectivity index (χ0) is 19.2. The van der Waals surface area contributed by atoms with Gasteiger partial charge >= 0.3 is 0 Å². The molecule has 0 radical (unpaired) electrons. The van der Waals surface area contributed by atoms with E-state index in [2.05, 4.69) is 65.6 Å². The number of aliphatic hydroxyl groups excluding tert-OH is 1. The van der Waals surface area contributed by atoms with Crippen molar-refractivity contribution in [1.82, 2.24) is 9.55 Å². The van der Waals surface area contributed by atoms with Crippen LogP contribution in [0, 0.1) is 0 Å². The molecule has 4 aromatic rings. The first kappa shape index (κ1) is 18.2. The summed E-state index contributed by atoms with van der Waals surface area (Å²) in [7, 11) is 0. The second kappa shape index (κ2) is 8.68. The van der Waals surface area contributed by atoms with Gasteiger partial charge in [-0.1, -0.05) is 91.0 Å². The molecule has 140 valence electrons. The van der Waals surface area contributed by atoms with Crippen LogP contribution in [0.25, 0.3) is 0 Å². The van der Waals surface area contributed by atoms with Crippen molar-refractivity contribution in [2.24, 2.45) is 0 Å². The third-order valence-electron chi connectivity index (χ3n) is 5.14. The van der Waals surface area contributed by atoms with Gasteiger partial charge in [-0.05, 0) is 23.1 Å². The maximum absolute atomic E-state index is 11.1. The second-order valence-corrected chi connectivity index (χ2v) is 7.06. The molecular weight excluding hydrogens is 344 g/mol. The summed E-state index contributed by atoms with van der Waals surface area (Å²) in [5, 5.41) is 11.1. The van der Waals surface area contributed by atoms with Crippen LogP contribution >= 0.6 is 0 Å². The minimum Gasteiger partial charge on any atom is -0.387 e. The molecule has 1 unspecified atom stereocenters. The third kappa shape index (κ3) is 4.21. The van der Waals surface area contributed by atoms with Gasteiger partial charge in [-0.2, -0.15) is 0 Å². The minimum atomic E-state index is -0.600. The lowest BCUT2D eigenvalue weighted by Gasteiger charge is -2.22. The topological polar surface area (TPSA) is 38.1 Å². The predicted octanol–water partition coefficient (Wildman–Crippen LogP) is 5.19. The first-order valence-corrected chi connectivity index (χ1v) is 9.63. The van der Waals surface area contributed by atoms with Crippen molar-refractivity contribution in [3.8, 4) is 0 Å². The van der Waals surface area contributed by atoms with Crippen molar-refractivity contribution < 1.29 is 5.11 Å². The molecule has 1 N–H and O–H groups in total. The van der Waals surface area contributed by atoms with Crippen molar-refractivity contribution in [1.29, 1.82) is 0 Å². The highest BCUT2D eigenvalue weighted by molar-refractivity contribution is 5.33. The van der Waals surface area contributed by atoms with E-state index < -0.39 is 6.10 Å². The molecule has 0 bridgehead atoms. The highest BCUT2D eigenvalue weighted by Crippen LogP contribution is 2.33. The fourth-order valence-corrected chi connectivity index (χ4v) is 3.70. The Balaban J connectivity index is 1.59. The molecule has 1 heterocycles. The lowest BCUT2D eigenvalue weighted by molar-refractivity contribution is 0.153. The van der Waals surface area contributed by atoms with Crippen LogP contribution in [0.4, 0.5) is 0 Å². The first-order valence-electron chi connectivity index (χ1n) is 9.63. The van der Waals surface area contributed by atoms with E-state index in [0.29, 0.717) is 13.0 Å². The molecule has 3 nitrogen and oxygen atoms in total. The van der Waals surface area contributed by atoms with E-state index in [-0.39, 0.29) is 5.92 Å². The Morgan fingerprint density at radius 1 is 0.750 bits per heavy atom. The van der Waals surface area contributed by atoms with E-state index in [1.165, 1.54) is 16.7 Å². The summed E-state index contributed by atoms with van der Waals surface area (Å²) in [4.78, 5) is 4.30. The highest BCUT2D eigenvalue weighted by atomic mass is 16.3. The Morgan fingerprint density at radius 2 is 1.29 bits per heavy atom. The summed E-state index contributed by atoms with van der Waals surface area (Å²) < 4.78 is 2.03. The van der Waals surface area contributed by atoms with E-state index in [0.717, 1.165) is 5.69 Å². The quantitative estimate of drug-likeness (QED) is 0.488. The monoisotopic (exact) mass is 368 g/mol. The summed E-state index contributed by atoms with van der Waals surface area (Å²) in [6, 6.07) is 31.0. The van der Waals surface area contributed by atoms with Crippen LogP contribution in [0.3, 0.4) is 0 Å². The zero-order valence-electron chi connectivity index (χ0n) is 15.7. The molecular formula is C25H24N2O. The molecule has 0 aliphatic carbocycles. The van der Waals surface area contributed by atoms with Gasteiger partial charge in [0, 0.05) is 12.5 Å². The molecule has 0 saturated heterocycles. The van der Waals surface area contributed by atoms with Crippen LogP contribution in [-0.4, -0.2) is 14.7 Å².